The van der Waals surface area contributed by atoms with Gasteiger partial charge in [0.05, 0.1) is 0 Å². The van der Waals surface area contributed by atoms with E-state index in [2.05, 4.69) is 0 Å². The van der Waals surface area contributed by atoms with Crippen LogP contribution >= 0.6 is 0 Å². The Kier molecular flexibility index (Phi) is 3.18. The fraction of sp³-hybridized carbons (Fsp3) is 0.300. The van der Waals surface area contributed by atoms with E-state index in [1.54, 1.807) is 29.8 Å². The van der Waals surface area contributed by atoms with Crippen LogP contribution < -0.4 is 0 Å². The predicted octanol–water partition coefficient (Wildman–Crippen LogP) is 4.72. The topological polar surface area (TPSA) is 40.5 Å². The molecule has 2 saturated carbocycles. The Morgan fingerprint density at radius 1 is 0.773 bits per heavy atom. The normalized spacial score (nSPS) is 23.0. The average molecular weight is 292 g/mol. The Bertz CT molecular complexity index is 663. The number of benzene rings is 2. The van der Waals surface area contributed by atoms with Crippen LogP contribution in [0.15, 0.2) is 54.1 Å². The lowest BCUT2D eigenvalue weighted by Crippen LogP contribution is -2.03. The van der Waals surface area contributed by atoms with E-state index in [0.717, 1.165) is 17.0 Å². The fourth-order valence-corrected chi connectivity index (χ4v) is 4.15. The van der Waals surface area contributed by atoms with Gasteiger partial charge in [0.25, 0.3) is 0 Å². The van der Waals surface area contributed by atoms with Gasteiger partial charge in [0.1, 0.15) is 11.5 Å². The molecule has 2 N–H and O–H groups in total. The molecule has 2 bridgehead atoms. The lowest BCUT2D eigenvalue weighted by molar-refractivity contribution is 0.475. The summed E-state index contributed by atoms with van der Waals surface area (Å²) >= 11 is 0. The number of phenolic OH excluding ortho intramolecular Hbond substituents is 2. The zero-order valence-electron chi connectivity index (χ0n) is 12.5. The molecule has 2 fully saturated rings. The van der Waals surface area contributed by atoms with Crippen molar-refractivity contribution in [1.29, 1.82) is 0 Å². The standard InChI is InChI=1S/C20H20O2/c21-17-7-3-14(4-8-17)20(15-5-9-18(22)10-6-15)19-12-13-1-2-16(19)11-13/h3-10,13,16,21-22H,1-2,11-12H2/t13-,16+/m1/s1. The van der Waals surface area contributed by atoms with Crippen molar-refractivity contribution in [3.05, 3.63) is 65.2 Å². The second-order valence-corrected chi connectivity index (χ2v) is 6.57. The van der Waals surface area contributed by atoms with Gasteiger partial charge in [0.15, 0.2) is 0 Å². The van der Waals surface area contributed by atoms with Crippen LogP contribution in [0.4, 0.5) is 0 Å². The van der Waals surface area contributed by atoms with Crippen LogP contribution in [0.1, 0.15) is 36.8 Å². The highest BCUT2D eigenvalue weighted by molar-refractivity contribution is 5.83. The molecule has 22 heavy (non-hydrogen) atoms. The molecular formula is C20H20O2. The molecule has 0 spiro atoms. The van der Waals surface area contributed by atoms with Crippen LogP contribution in [-0.2, 0) is 0 Å². The molecule has 0 saturated heterocycles. The second kappa shape index (κ2) is 5.20. The molecule has 112 valence electrons. The van der Waals surface area contributed by atoms with E-state index < -0.39 is 0 Å². The first-order chi connectivity index (χ1) is 10.7. The van der Waals surface area contributed by atoms with Gasteiger partial charge in [0.2, 0.25) is 0 Å². The van der Waals surface area contributed by atoms with Crippen LogP contribution in [0.5, 0.6) is 11.5 Å². The summed E-state index contributed by atoms with van der Waals surface area (Å²) in [6, 6.07) is 15.0. The van der Waals surface area contributed by atoms with Crippen molar-refractivity contribution in [2.24, 2.45) is 11.8 Å². The smallest absolute Gasteiger partial charge is 0.115 e. The third kappa shape index (κ3) is 2.29. The summed E-state index contributed by atoms with van der Waals surface area (Å²) in [6.45, 7) is 0. The zero-order chi connectivity index (χ0) is 15.1. The molecule has 0 unspecified atom stereocenters. The molecule has 2 aliphatic carbocycles. The van der Waals surface area contributed by atoms with E-state index in [9.17, 15) is 10.2 Å². The van der Waals surface area contributed by atoms with Crippen LogP contribution in [0.2, 0.25) is 0 Å². The third-order valence-electron chi connectivity index (χ3n) is 5.18. The second-order valence-electron chi connectivity index (χ2n) is 6.57. The minimum absolute atomic E-state index is 0.298. The van der Waals surface area contributed by atoms with Gasteiger partial charge in [-0.05, 0) is 78.5 Å². The molecule has 2 nitrogen and oxygen atoms in total. The average Bonchev–Trinajstić information content (AvgIpc) is 3.14. The number of rotatable bonds is 2. The quantitative estimate of drug-likeness (QED) is 0.840. The van der Waals surface area contributed by atoms with Gasteiger partial charge in [-0.3, -0.25) is 0 Å². The summed E-state index contributed by atoms with van der Waals surface area (Å²) in [5.74, 6) is 2.16. The van der Waals surface area contributed by atoms with E-state index in [1.807, 2.05) is 24.3 Å². The van der Waals surface area contributed by atoms with E-state index in [1.165, 1.54) is 31.3 Å². The van der Waals surface area contributed by atoms with Gasteiger partial charge in [-0.2, -0.15) is 0 Å². The molecule has 0 aliphatic heterocycles. The molecule has 0 heterocycles. The highest BCUT2D eigenvalue weighted by Crippen LogP contribution is 2.51. The van der Waals surface area contributed by atoms with E-state index >= 15 is 0 Å². The van der Waals surface area contributed by atoms with E-state index in [-0.39, 0.29) is 0 Å². The summed E-state index contributed by atoms with van der Waals surface area (Å²) in [4.78, 5) is 0. The van der Waals surface area contributed by atoms with Crippen molar-refractivity contribution in [3.8, 4) is 11.5 Å². The third-order valence-corrected chi connectivity index (χ3v) is 5.18. The van der Waals surface area contributed by atoms with Crippen molar-refractivity contribution in [2.45, 2.75) is 25.7 Å². The Balaban J connectivity index is 1.86. The van der Waals surface area contributed by atoms with Crippen molar-refractivity contribution < 1.29 is 10.2 Å². The maximum absolute atomic E-state index is 9.57. The Hall–Kier alpha value is -2.22. The number of fused-ring (bicyclic) bond motifs is 2. The van der Waals surface area contributed by atoms with Crippen molar-refractivity contribution >= 4 is 5.57 Å². The lowest BCUT2D eigenvalue weighted by Gasteiger charge is -2.20. The minimum Gasteiger partial charge on any atom is -0.508 e. The summed E-state index contributed by atoms with van der Waals surface area (Å²) in [5.41, 5.74) is 5.18. The van der Waals surface area contributed by atoms with E-state index in [4.69, 9.17) is 0 Å². The molecular weight excluding hydrogens is 272 g/mol. The van der Waals surface area contributed by atoms with Gasteiger partial charge >= 0.3 is 0 Å². The molecule has 0 amide bonds. The predicted molar refractivity (Wildman–Crippen MR) is 87.7 cm³/mol. The Labute approximate surface area is 130 Å². The van der Waals surface area contributed by atoms with Gasteiger partial charge in [-0.15, -0.1) is 0 Å². The first kappa shape index (κ1) is 13.4. The van der Waals surface area contributed by atoms with Crippen molar-refractivity contribution in [3.63, 3.8) is 0 Å². The molecule has 0 radical (unpaired) electrons. The first-order valence-corrected chi connectivity index (χ1v) is 8.02. The Morgan fingerprint density at radius 2 is 1.32 bits per heavy atom. The molecule has 4 rings (SSSR count). The number of allylic oxidation sites excluding steroid dienone is 1. The Morgan fingerprint density at radius 3 is 1.73 bits per heavy atom. The fourth-order valence-electron chi connectivity index (χ4n) is 4.15. The number of aromatic hydroxyl groups is 2. The SMILES string of the molecule is Oc1ccc(C(=C2C[C@@H]3CC[C@H]2C3)c2ccc(O)cc2)cc1. The van der Waals surface area contributed by atoms with Gasteiger partial charge < -0.3 is 10.2 Å². The highest BCUT2D eigenvalue weighted by atomic mass is 16.3. The number of hydrogen-bond acceptors (Lipinski definition) is 2. The molecule has 2 aliphatic rings. The van der Waals surface area contributed by atoms with Crippen molar-refractivity contribution in [1.82, 2.24) is 0 Å². The molecule has 0 aromatic heterocycles. The lowest BCUT2D eigenvalue weighted by atomic mass is 9.84. The maximum atomic E-state index is 9.57. The monoisotopic (exact) mass is 292 g/mol. The number of phenols is 2. The highest BCUT2D eigenvalue weighted by Gasteiger charge is 2.37. The molecule has 2 aromatic carbocycles. The van der Waals surface area contributed by atoms with Crippen molar-refractivity contribution in [2.75, 3.05) is 0 Å². The summed E-state index contributed by atoms with van der Waals surface area (Å²) in [6.07, 6.45) is 5.20. The molecule has 2 aromatic rings. The van der Waals surface area contributed by atoms with Gasteiger partial charge in [-0.25, -0.2) is 0 Å². The molecule has 2 atom stereocenters. The molecule has 2 heteroatoms. The minimum atomic E-state index is 0.298. The van der Waals surface area contributed by atoms with Crippen LogP contribution in [0.25, 0.3) is 5.57 Å². The summed E-state index contributed by atoms with van der Waals surface area (Å²) in [7, 11) is 0. The summed E-state index contributed by atoms with van der Waals surface area (Å²) in [5, 5.41) is 19.1. The number of hydrogen-bond donors (Lipinski definition) is 2. The van der Waals surface area contributed by atoms with Gasteiger partial charge in [-0.1, -0.05) is 29.8 Å². The van der Waals surface area contributed by atoms with E-state index in [0.29, 0.717) is 17.4 Å². The van der Waals surface area contributed by atoms with Crippen LogP contribution in [0.3, 0.4) is 0 Å². The largest absolute Gasteiger partial charge is 0.508 e. The first-order valence-electron chi connectivity index (χ1n) is 8.02. The van der Waals surface area contributed by atoms with Crippen LogP contribution in [0, 0.1) is 11.8 Å². The van der Waals surface area contributed by atoms with Crippen LogP contribution in [-0.4, -0.2) is 10.2 Å². The summed E-state index contributed by atoms with van der Waals surface area (Å²) < 4.78 is 0. The maximum Gasteiger partial charge on any atom is 0.115 e. The van der Waals surface area contributed by atoms with Gasteiger partial charge in [0, 0.05) is 0 Å². The zero-order valence-corrected chi connectivity index (χ0v) is 12.5.